The van der Waals surface area contributed by atoms with E-state index in [1.165, 1.54) is 0 Å². The zero-order chi connectivity index (χ0) is 17.6. The summed E-state index contributed by atoms with van der Waals surface area (Å²) in [6.45, 7) is 5.53. The Hall–Kier alpha value is -2.33. The maximum absolute atomic E-state index is 12.6. The molecule has 132 valence electrons. The third-order valence-electron chi connectivity index (χ3n) is 4.63. The van der Waals surface area contributed by atoms with E-state index in [2.05, 4.69) is 17.6 Å². The summed E-state index contributed by atoms with van der Waals surface area (Å²) in [5, 5.41) is 6.46. The van der Waals surface area contributed by atoms with Gasteiger partial charge in [0.1, 0.15) is 12.4 Å². The molecule has 0 radical (unpaired) electrons. The van der Waals surface area contributed by atoms with Gasteiger partial charge in [-0.1, -0.05) is 36.4 Å². The number of piperidine rings is 1. The van der Waals surface area contributed by atoms with E-state index in [0.717, 1.165) is 42.0 Å². The Balaban J connectivity index is 1.69. The molecule has 0 spiro atoms. The molecule has 1 amide bonds. The van der Waals surface area contributed by atoms with Crippen LogP contribution in [0.4, 0.5) is 5.69 Å². The minimum Gasteiger partial charge on any atom is -0.487 e. The van der Waals surface area contributed by atoms with Crippen LogP contribution in [0.3, 0.4) is 0 Å². The van der Waals surface area contributed by atoms with Crippen LogP contribution in [0.1, 0.15) is 30.9 Å². The van der Waals surface area contributed by atoms with Gasteiger partial charge in [0.15, 0.2) is 0 Å². The second kappa shape index (κ2) is 8.17. The molecule has 2 aromatic carbocycles. The normalized spacial score (nSPS) is 20.1. The van der Waals surface area contributed by atoms with Crippen molar-refractivity contribution in [2.24, 2.45) is 5.92 Å². The summed E-state index contributed by atoms with van der Waals surface area (Å²) >= 11 is 0. The highest BCUT2D eigenvalue weighted by Gasteiger charge is 2.25. The maximum atomic E-state index is 12.6. The predicted octanol–water partition coefficient (Wildman–Crippen LogP) is 3.90. The lowest BCUT2D eigenvalue weighted by Gasteiger charge is -2.27. The van der Waals surface area contributed by atoms with Gasteiger partial charge in [-0.2, -0.15) is 0 Å². The SMILES string of the molecule is Cc1ccc(NC(=O)[C@H]2CCN[C@@H](C)C2)c(OCc2ccccc2)c1. The summed E-state index contributed by atoms with van der Waals surface area (Å²) in [6.07, 6.45) is 1.75. The van der Waals surface area contributed by atoms with E-state index in [-0.39, 0.29) is 11.8 Å². The fraction of sp³-hybridized carbons (Fsp3) is 0.381. The topological polar surface area (TPSA) is 50.4 Å². The predicted molar refractivity (Wildman–Crippen MR) is 101 cm³/mol. The number of carbonyl (C=O) groups is 1. The molecule has 1 saturated heterocycles. The van der Waals surface area contributed by atoms with Crippen LogP contribution in [0.5, 0.6) is 5.75 Å². The van der Waals surface area contributed by atoms with Gasteiger partial charge in [0.05, 0.1) is 5.69 Å². The number of hydrogen-bond donors (Lipinski definition) is 2. The Morgan fingerprint density at radius 1 is 1.24 bits per heavy atom. The second-order valence-corrected chi connectivity index (χ2v) is 6.84. The van der Waals surface area contributed by atoms with E-state index in [1.54, 1.807) is 0 Å². The van der Waals surface area contributed by atoms with Gasteiger partial charge in [0.25, 0.3) is 0 Å². The first-order chi connectivity index (χ1) is 12.1. The van der Waals surface area contributed by atoms with Crippen molar-refractivity contribution in [3.05, 3.63) is 59.7 Å². The molecule has 2 aromatic rings. The van der Waals surface area contributed by atoms with Crippen molar-refractivity contribution in [3.8, 4) is 5.75 Å². The van der Waals surface area contributed by atoms with Crippen LogP contribution in [-0.2, 0) is 11.4 Å². The minimum atomic E-state index is 0.0551. The first kappa shape index (κ1) is 17.5. The quantitative estimate of drug-likeness (QED) is 0.869. The molecule has 0 bridgehead atoms. The molecule has 25 heavy (non-hydrogen) atoms. The van der Waals surface area contributed by atoms with Gasteiger partial charge in [-0.05, 0) is 56.5 Å². The molecule has 4 heteroatoms. The lowest BCUT2D eigenvalue weighted by Crippen LogP contribution is -2.40. The number of benzene rings is 2. The van der Waals surface area contributed by atoms with E-state index in [9.17, 15) is 4.79 Å². The van der Waals surface area contributed by atoms with Crippen molar-refractivity contribution < 1.29 is 9.53 Å². The number of rotatable bonds is 5. The summed E-state index contributed by atoms with van der Waals surface area (Å²) < 4.78 is 5.99. The highest BCUT2D eigenvalue weighted by Crippen LogP contribution is 2.28. The minimum absolute atomic E-state index is 0.0551. The van der Waals surface area contributed by atoms with Crippen LogP contribution in [-0.4, -0.2) is 18.5 Å². The van der Waals surface area contributed by atoms with Crippen molar-refractivity contribution in [1.82, 2.24) is 5.32 Å². The van der Waals surface area contributed by atoms with Gasteiger partial charge in [-0.15, -0.1) is 0 Å². The molecule has 1 aliphatic heterocycles. The van der Waals surface area contributed by atoms with Crippen LogP contribution in [0.15, 0.2) is 48.5 Å². The Labute approximate surface area is 149 Å². The van der Waals surface area contributed by atoms with E-state index in [4.69, 9.17) is 4.74 Å². The van der Waals surface area contributed by atoms with E-state index in [0.29, 0.717) is 12.6 Å². The first-order valence-corrected chi connectivity index (χ1v) is 8.93. The third-order valence-corrected chi connectivity index (χ3v) is 4.63. The molecule has 0 aliphatic carbocycles. The van der Waals surface area contributed by atoms with Gasteiger partial charge < -0.3 is 15.4 Å². The van der Waals surface area contributed by atoms with Gasteiger partial charge in [0.2, 0.25) is 5.91 Å². The molecule has 1 aliphatic rings. The van der Waals surface area contributed by atoms with E-state index < -0.39 is 0 Å². The fourth-order valence-corrected chi connectivity index (χ4v) is 3.19. The van der Waals surface area contributed by atoms with Crippen molar-refractivity contribution in [2.45, 2.75) is 39.3 Å². The smallest absolute Gasteiger partial charge is 0.227 e. The summed E-state index contributed by atoms with van der Waals surface area (Å²) in [5.41, 5.74) is 2.96. The number of carbonyl (C=O) groups excluding carboxylic acids is 1. The number of ether oxygens (including phenoxy) is 1. The Bertz CT molecular complexity index is 715. The van der Waals surface area contributed by atoms with E-state index in [1.807, 2.05) is 55.5 Å². The Morgan fingerprint density at radius 2 is 2.04 bits per heavy atom. The molecular weight excluding hydrogens is 312 g/mol. The zero-order valence-electron chi connectivity index (χ0n) is 14.9. The molecule has 2 atom stereocenters. The monoisotopic (exact) mass is 338 g/mol. The molecule has 1 heterocycles. The molecule has 0 aromatic heterocycles. The first-order valence-electron chi connectivity index (χ1n) is 8.93. The van der Waals surface area contributed by atoms with Crippen molar-refractivity contribution in [1.29, 1.82) is 0 Å². The molecule has 3 rings (SSSR count). The number of amides is 1. The average Bonchev–Trinajstić information content (AvgIpc) is 2.62. The molecule has 0 saturated carbocycles. The van der Waals surface area contributed by atoms with Gasteiger partial charge in [0, 0.05) is 12.0 Å². The number of hydrogen-bond acceptors (Lipinski definition) is 3. The van der Waals surface area contributed by atoms with Gasteiger partial charge in [-0.3, -0.25) is 4.79 Å². The zero-order valence-corrected chi connectivity index (χ0v) is 14.9. The molecular formula is C21H26N2O2. The van der Waals surface area contributed by atoms with Crippen LogP contribution in [0.25, 0.3) is 0 Å². The highest BCUT2D eigenvalue weighted by molar-refractivity contribution is 5.94. The van der Waals surface area contributed by atoms with Crippen LogP contribution in [0, 0.1) is 12.8 Å². The molecule has 1 fully saturated rings. The summed E-state index contributed by atoms with van der Waals surface area (Å²) in [4.78, 5) is 12.6. The standard InChI is InChI=1S/C21H26N2O2/c1-15-8-9-19(23-21(24)18-10-11-22-16(2)13-18)20(12-15)25-14-17-6-4-3-5-7-17/h3-9,12,16,18,22H,10-11,13-14H2,1-2H3,(H,23,24)/t16-,18-/m0/s1. The maximum Gasteiger partial charge on any atom is 0.227 e. The van der Waals surface area contributed by atoms with Crippen molar-refractivity contribution in [2.75, 3.05) is 11.9 Å². The number of aryl methyl sites for hydroxylation is 1. The Kier molecular flexibility index (Phi) is 5.71. The van der Waals surface area contributed by atoms with Crippen LogP contribution < -0.4 is 15.4 Å². The molecule has 0 unspecified atom stereocenters. The third kappa shape index (κ3) is 4.83. The van der Waals surface area contributed by atoms with Gasteiger partial charge in [-0.25, -0.2) is 0 Å². The summed E-state index contributed by atoms with van der Waals surface area (Å²) in [6, 6.07) is 16.3. The molecule has 4 nitrogen and oxygen atoms in total. The average molecular weight is 338 g/mol. The summed E-state index contributed by atoms with van der Waals surface area (Å²) in [7, 11) is 0. The van der Waals surface area contributed by atoms with E-state index >= 15 is 0 Å². The second-order valence-electron chi connectivity index (χ2n) is 6.84. The fourth-order valence-electron chi connectivity index (χ4n) is 3.19. The largest absolute Gasteiger partial charge is 0.487 e. The van der Waals surface area contributed by atoms with Gasteiger partial charge >= 0.3 is 0 Å². The van der Waals surface area contributed by atoms with Crippen molar-refractivity contribution in [3.63, 3.8) is 0 Å². The number of anilines is 1. The lowest BCUT2D eigenvalue weighted by atomic mass is 9.92. The van der Waals surface area contributed by atoms with Crippen LogP contribution in [0.2, 0.25) is 0 Å². The number of nitrogens with one attached hydrogen (secondary N) is 2. The molecule has 2 N–H and O–H groups in total. The Morgan fingerprint density at radius 3 is 2.80 bits per heavy atom. The lowest BCUT2D eigenvalue weighted by molar-refractivity contribution is -0.120. The van der Waals surface area contributed by atoms with Crippen molar-refractivity contribution >= 4 is 11.6 Å². The van der Waals surface area contributed by atoms with Crippen LogP contribution >= 0.6 is 0 Å². The highest BCUT2D eigenvalue weighted by atomic mass is 16.5. The summed E-state index contributed by atoms with van der Waals surface area (Å²) in [5.74, 6) is 0.862.